The molecule has 1 atom stereocenters. The summed E-state index contributed by atoms with van der Waals surface area (Å²) in [7, 11) is 0. The standard InChI is InChI=1S/C25H33ClN2O/c1-18(2)29-23-9-10-24(26)21(16-23)15-19-11-13-28(14-12-19)17-22-8-7-20-5-3-4-6-25(20)27-22/h3-6,9-10,16,18-19,22,27H,7-8,11-15,17H2,1-2H3. The molecule has 4 rings (SSSR count). The first-order valence-corrected chi connectivity index (χ1v) is 11.5. The average Bonchev–Trinajstić information content (AvgIpc) is 2.71. The van der Waals surface area contributed by atoms with Gasteiger partial charge in [0.2, 0.25) is 0 Å². The highest BCUT2D eigenvalue weighted by Crippen LogP contribution is 2.30. The normalized spacial score (nSPS) is 20.3. The third kappa shape index (κ3) is 5.46. The zero-order valence-electron chi connectivity index (χ0n) is 17.7. The van der Waals surface area contributed by atoms with E-state index in [0.717, 1.165) is 23.7 Å². The number of ether oxygens (including phenoxy) is 1. The number of likely N-dealkylation sites (tertiary alicyclic amines) is 1. The average molecular weight is 413 g/mol. The topological polar surface area (TPSA) is 24.5 Å². The van der Waals surface area contributed by atoms with E-state index in [1.54, 1.807) is 0 Å². The second-order valence-corrected chi connectivity index (χ2v) is 9.31. The molecule has 2 aliphatic rings. The third-order valence-corrected chi connectivity index (χ3v) is 6.59. The number of piperidine rings is 1. The highest BCUT2D eigenvalue weighted by atomic mass is 35.5. The summed E-state index contributed by atoms with van der Waals surface area (Å²) in [5.41, 5.74) is 4.02. The number of fused-ring (bicyclic) bond motifs is 1. The monoisotopic (exact) mass is 412 g/mol. The lowest BCUT2D eigenvalue weighted by Gasteiger charge is -2.36. The van der Waals surface area contributed by atoms with Gasteiger partial charge in [-0.15, -0.1) is 0 Å². The molecule has 0 aromatic heterocycles. The molecule has 0 bridgehead atoms. The second kappa shape index (κ2) is 9.40. The molecule has 2 aromatic carbocycles. The van der Waals surface area contributed by atoms with Crippen molar-refractivity contribution in [3.05, 3.63) is 58.6 Å². The molecule has 1 unspecified atom stereocenters. The van der Waals surface area contributed by atoms with Crippen LogP contribution in [0.2, 0.25) is 5.02 Å². The lowest BCUT2D eigenvalue weighted by molar-refractivity contribution is 0.175. The van der Waals surface area contributed by atoms with Crippen molar-refractivity contribution in [1.29, 1.82) is 0 Å². The van der Waals surface area contributed by atoms with E-state index in [1.807, 2.05) is 12.1 Å². The van der Waals surface area contributed by atoms with Crippen molar-refractivity contribution in [1.82, 2.24) is 4.90 Å². The number of hydrogen-bond donors (Lipinski definition) is 1. The van der Waals surface area contributed by atoms with Gasteiger partial charge < -0.3 is 15.0 Å². The molecule has 0 saturated carbocycles. The van der Waals surface area contributed by atoms with Gasteiger partial charge in [-0.05, 0) is 100 Å². The fourth-order valence-electron chi connectivity index (χ4n) is 4.69. The molecule has 0 radical (unpaired) electrons. The molecule has 2 heterocycles. The summed E-state index contributed by atoms with van der Waals surface area (Å²) in [4.78, 5) is 2.64. The zero-order chi connectivity index (χ0) is 20.2. The molecule has 0 aliphatic carbocycles. The van der Waals surface area contributed by atoms with Crippen molar-refractivity contribution in [3.8, 4) is 5.75 Å². The largest absolute Gasteiger partial charge is 0.491 e. The van der Waals surface area contributed by atoms with Gasteiger partial charge in [0.1, 0.15) is 5.75 Å². The lowest BCUT2D eigenvalue weighted by Crippen LogP contribution is -2.43. The van der Waals surface area contributed by atoms with Crippen LogP contribution in [0.25, 0.3) is 0 Å². The maximum absolute atomic E-state index is 6.48. The van der Waals surface area contributed by atoms with Gasteiger partial charge >= 0.3 is 0 Å². The molecule has 4 heteroatoms. The number of para-hydroxylation sites is 1. The van der Waals surface area contributed by atoms with Crippen molar-refractivity contribution in [2.45, 2.75) is 58.1 Å². The first kappa shape index (κ1) is 20.6. The predicted octanol–water partition coefficient (Wildman–Crippen LogP) is 5.81. The van der Waals surface area contributed by atoms with E-state index in [9.17, 15) is 0 Å². The molecule has 1 N–H and O–H groups in total. The van der Waals surface area contributed by atoms with Crippen LogP contribution in [0.4, 0.5) is 5.69 Å². The number of aryl methyl sites for hydroxylation is 1. The first-order chi connectivity index (χ1) is 14.1. The van der Waals surface area contributed by atoms with E-state index in [-0.39, 0.29) is 6.10 Å². The van der Waals surface area contributed by atoms with Crippen molar-refractivity contribution >= 4 is 17.3 Å². The Morgan fingerprint density at radius 2 is 1.90 bits per heavy atom. The maximum Gasteiger partial charge on any atom is 0.120 e. The summed E-state index contributed by atoms with van der Waals surface area (Å²) >= 11 is 6.48. The highest BCUT2D eigenvalue weighted by Gasteiger charge is 2.24. The predicted molar refractivity (Wildman–Crippen MR) is 122 cm³/mol. The van der Waals surface area contributed by atoms with Crippen LogP contribution in [-0.4, -0.2) is 36.7 Å². The van der Waals surface area contributed by atoms with Gasteiger partial charge in [0.15, 0.2) is 0 Å². The van der Waals surface area contributed by atoms with Crippen LogP contribution in [-0.2, 0) is 12.8 Å². The second-order valence-electron chi connectivity index (χ2n) is 8.91. The van der Waals surface area contributed by atoms with Gasteiger partial charge in [-0.3, -0.25) is 0 Å². The fraction of sp³-hybridized carbons (Fsp3) is 0.520. The summed E-state index contributed by atoms with van der Waals surface area (Å²) in [5, 5.41) is 4.62. The van der Waals surface area contributed by atoms with Crippen LogP contribution in [0.1, 0.15) is 44.2 Å². The Balaban J connectivity index is 1.27. The molecular weight excluding hydrogens is 380 g/mol. The van der Waals surface area contributed by atoms with Crippen LogP contribution in [0.5, 0.6) is 5.75 Å². The van der Waals surface area contributed by atoms with Crippen molar-refractivity contribution in [2.24, 2.45) is 5.92 Å². The van der Waals surface area contributed by atoms with Crippen LogP contribution in [0, 0.1) is 5.92 Å². The summed E-state index contributed by atoms with van der Waals surface area (Å²) in [6.07, 6.45) is 6.15. The molecule has 156 valence electrons. The minimum absolute atomic E-state index is 0.188. The van der Waals surface area contributed by atoms with Gasteiger partial charge in [-0.25, -0.2) is 0 Å². The molecule has 3 nitrogen and oxygen atoms in total. The number of rotatable bonds is 6. The minimum atomic E-state index is 0.188. The lowest BCUT2D eigenvalue weighted by atomic mass is 9.89. The summed E-state index contributed by atoms with van der Waals surface area (Å²) in [6, 6.07) is 15.4. The Morgan fingerprint density at radius 1 is 1.10 bits per heavy atom. The Bertz CT molecular complexity index is 814. The van der Waals surface area contributed by atoms with E-state index in [1.165, 1.54) is 55.6 Å². The molecule has 1 fully saturated rings. The summed E-state index contributed by atoms with van der Waals surface area (Å²) in [6.45, 7) is 7.64. The molecular formula is C25H33ClN2O. The number of benzene rings is 2. The molecule has 29 heavy (non-hydrogen) atoms. The number of anilines is 1. The SMILES string of the molecule is CC(C)Oc1ccc(Cl)c(CC2CCN(CC3CCc4ccccc4N3)CC2)c1. The van der Waals surface area contributed by atoms with E-state index in [0.29, 0.717) is 12.0 Å². The van der Waals surface area contributed by atoms with Crippen LogP contribution in [0.3, 0.4) is 0 Å². The van der Waals surface area contributed by atoms with E-state index >= 15 is 0 Å². The van der Waals surface area contributed by atoms with Crippen LogP contribution >= 0.6 is 11.6 Å². The Hall–Kier alpha value is -1.71. The van der Waals surface area contributed by atoms with Gasteiger partial charge in [0.25, 0.3) is 0 Å². The van der Waals surface area contributed by atoms with Gasteiger partial charge in [0.05, 0.1) is 6.10 Å². The molecule has 2 aromatic rings. The Labute approximate surface area is 180 Å². The van der Waals surface area contributed by atoms with Gasteiger partial charge in [-0.1, -0.05) is 29.8 Å². The first-order valence-electron chi connectivity index (χ1n) is 11.1. The minimum Gasteiger partial charge on any atom is -0.491 e. The van der Waals surface area contributed by atoms with Crippen LogP contribution < -0.4 is 10.1 Å². The smallest absolute Gasteiger partial charge is 0.120 e. The number of nitrogens with one attached hydrogen (secondary N) is 1. The van der Waals surface area contributed by atoms with Crippen molar-refractivity contribution in [2.75, 3.05) is 25.0 Å². The fourth-order valence-corrected chi connectivity index (χ4v) is 4.88. The summed E-state index contributed by atoms with van der Waals surface area (Å²) in [5.74, 6) is 1.64. The number of halogens is 1. The van der Waals surface area contributed by atoms with E-state index in [4.69, 9.17) is 16.3 Å². The van der Waals surface area contributed by atoms with E-state index < -0.39 is 0 Å². The Morgan fingerprint density at radius 3 is 2.69 bits per heavy atom. The van der Waals surface area contributed by atoms with Crippen molar-refractivity contribution < 1.29 is 4.74 Å². The van der Waals surface area contributed by atoms with Crippen LogP contribution in [0.15, 0.2) is 42.5 Å². The number of nitrogens with zero attached hydrogens (tertiary/aromatic N) is 1. The zero-order valence-corrected chi connectivity index (χ0v) is 18.4. The van der Waals surface area contributed by atoms with Crippen molar-refractivity contribution in [3.63, 3.8) is 0 Å². The Kier molecular flexibility index (Phi) is 6.67. The molecule has 2 aliphatic heterocycles. The quantitative estimate of drug-likeness (QED) is 0.648. The number of hydrogen-bond acceptors (Lipinski definition) is 3. The van der Waals surface area contributed by atoms with E-state index in [2.05, 4.69) is 54.4 Å². The third-order valence-electron chi connectivity index (χ3n) is 6.22. The van der Waals surface area contributed by atoms with Gasteiger partial charge in [-0.2, -0.15) is 0 Å². The molecule has 0 amide bonds. The molecule has 0 spiro atoms. The van der Waals surface area contributed by atoms with Gasteiger partial charge in [0, 0.05) is 23.3 Å². The highest BCUT2D eigenvalue weighted by molar-refractivity contribution is 6.31. The summed E-state index contributed by atoms with van der Waals surface area (Å²) < 4.78 is 5.85. The molecule has 1 saturated heterocycles. The maximum atomic E-state index is 6.48.